The van der Waals surface area contributed by atoms with E-state index in [2.05, 4.69) is 15.5 Å². The first kappa shape index (κ1) is 14.2. The number of nitrogens with two attached hydrogens (primary N) is 1. The van der Waals surface area contributed by atoms with Crippen LogP contribution in [0.4, 0.5) is 4.39 Å². The topological polar surface area (TPSA) is 83.8 Å². The van der Waals surface area contributed by atoms with E-state index in [1.54, 1.807) is 12.1 Å². The maximum Gasteiger partial charge on any atom is 0.255 e. The van der Waals surface area contributed by atoms with Crippen molar-refractivity contribution in [3.05, 3.63) is 41.8 Å². The third kappa shape index (κ3) is 3.42. The van der Waals surface area contributed by atoms with Gasteiger partial charge in [0.25, 0.3) is 5.91 Å². The van der Waals surface area contributed by atoms with Crippen LogP contribution in [0.5, 0.6) is 0 Å². The van der Waals surface area contributed by atoms with Gasteiger partial charge in [-0.25, -0.2) is 4.39 Å². The average molecular weight is 276 g/mol. The second-order valence-electron chi connectivity index (χ2n) is 4.42. The van der Waals surface area contributed by atoms with Crippen molar-refractivity contribution >= 4 is 5.91 Å². The maximum atomic E-state index is 12.9. The number of H-pyrrole nitrogens is 1. The van der Waals surface area contributed by atoms with E-state index in [1.165, 1.54) is 18.3 Å². The van der Waals surface area contributed by atoms with E-state index in [9.17, 15) is 9.18 Å². The number of nitrogens with zero attached hydrogens (tertiary/aromatic N) is 1. The van der Waals surface area contributed by atoms with Gasteiger partial charge in [-0.05, 0) is 43.7 Å². The molecule has 20 heavy (non-hydrogen) atoms. The normalized spacial score (nSPS) is 10.5. The van der Waals surface area contributed by atoms with Crippen LogP contribution < -0.4 is 11.1 Å². The third-order valence-electron chi connectivity index (χ3n) is 2.93. The van der Waals surface area contributed by atoms with Gasteiger partial charge < -0.3 is 11.1 Å². The Morgan fingerprint density at radius 2 is 2.05 bits per heavy atom. The molecule has 0 aliphatic rings. The van der Waals surface area contributed by atoms with E-state index in [0.717, 1.165) is 18.4 Å². The quantitative estimate of drug-likeness (QED) is 0.702. The summed E-state index contributed by atoms with van der Waals surface area (Å²) in [5.41, 5.74) is 7.15. The second kappa shape index (κ2) is 6.81. The van der Waals surface area contributed by atoms with Crippen molar-refractivity contribution in [3.8, 4) is 11.3 Å². The van der Waals surface area contributed by atoms with Crippen molar-refractivity contribution in [2.45, 2.75) is 12.8 Å². The summed E-state index contributed by atoms with van der Waals surface area (Å²) < 4.78 is 12.9. The van der Waals surface area contributed by atoms with Crippen LogP contribution in [-0.2, 0) is 0 Å². The minimum atomic E-state index is -0.318. The Hall–Kier alpha value is -2.21. The fourth-order valence-corrected chi connectivity index (χ4v) is 1.86. The molecule has 1 heterocycles. The predicted molar refractivity (Wildman–Crippen MR) is 74.6 cm³/mol. The van der Waals surface area contributed by atoms with Crippen LogP contribution in [0.3, 0.4) is 0 Å². The number of carbonyl (C=O) groups is 1. The summed E-state index contributed by atoms with van der Waals surface area (Å²) in [5.74, 6) is -0.517. The summed E-state index contributed by atoms with van der Waals surface area (Å²) in [6.45, 7) is 1.19. The van der Waals surface area contributed by atoms with Gasteiger partial charge in [-0.15, -0.1) is 0 Å². The van der Waals surface area contributed by atoms with Crippen LogP contribution in [0.25, 0.3) is 11.3 Å². The summed E-state index contributed by atoms with van der Waals surface area (Å²) >= 11 is 0. The fourth-order valence-electron chi connectivity index (χ4n) is 1.86. The van der Waals surface area contributed by atoms with Gasteiger partial charge in [0, 0.05) is 12.1 Å². The molecule has 1 aromatic carbocycles. The van der Waals surface area contributed by atoms with Gasteiger partial charge in [-0.3, -0.25) is 9.89 Å². The van der Waals surface area contributed by atoms with Crippen LogP contribution in [0.15, 0.2) is 30.5 Å². The van der Waals surface area contributed by atoms with Gasteiger partial charge in [0.2, 0.25) is 0 Å². The Morgan fingerprint density at radius 3 is 2.75 bits per heavy atom. The number of aromatic nitrogens is 2. The van der Waals surface area contributed by atoms with Crippen LogP contribution >= 0.6 is 0 Å². The van der Waals surface area contributed by atoms with E-state index in [4.69, 9.17) is 5.73 Å². The number of carbonyl (C=O) groups excluding carboxylic acids is 1. The highest BCUT2D eigenvalue weighted by Gasteiger charge is 2.14. The number of benzene rings is 1. The minimum absolute atomic E-state index is 0.199. The smallest absolute Gasteiger partial charge is 0.255 e. The number of hydrogen-bond donors (Lipinski definition) is 3. The molecule has 5 nitrogen and oxygen atoms in total. The van der Waals surface area contributed by atoms with Crippen LogP contribution in [0.1, 0.15) is 23.2 Å². The molecule has 1 amide bonds. The number of nitrogens with one attached hydrogen (secondary N) is 2. The van der Waals surface area contributed by atoms with Crippen LogP contribution in [-0.4, -0.2) is 29.2 Å². The highest BCUT2D eigenvalue weighted by Crippen LogP contribution is 2.21. The molecule has 0 spiro atoms. The Morgan fingerprint density at radius 1 is 1.30 bits per heavy atom. The van der Waals surface area contributed by atoms with E-state index in [0.29, 0.717) is 24.3 Å². The minimum Gasteiger partial charge on any atom is -0.352 e. The molecule has 0 aliphatic carbocycles. The van der Waals surface area contributed by atoms with Crippen molar-refractivity contribution in [3.63, 3.8) is 0 Å². The summed E-state index contributed by atoms with van der Waals surface area (Å²) in [4.78, 5) is 12.1. The summed E-state index contributed by atoms with van der Waals surface area (Å²) in [6.07, 6.45) is 3.18. The fraction of sp³-hybridized carbons (Fsp3) is 0.286. The van der Waals surface area contributed by atoms with Crippen molar-refractivity contribution in [2.75, 3.05) is 13.1 Å². The molecule has 2 aromatic rings. The predicted octanol–water partition coefficient (Wildman–Crippen LogP) is 1.68. The molecule has 0 atom stereocenters. The Labute approximate surface area is 116 Å². The zero-order chi connectivity index (χ0) is 14.4. The molecule has 0 saturated heterocycles. The van der Waals surface area contributed by atoms with Crippen molar-refractivity contribution in [1.29, 1.82) is 0 Å². The largest absolute Gasteiger partial charge is 0.352 e. The number of rotatable bonds is 6. The molecule has 106 valence electrons. The number of aromatic amines is 1. The van der Waals surface area contributed by atoms with Crippen molar-refractivity contribution in [2.24, 2.45) is 5.73 Å². The molecule has 0 radical (unpaired) electrons. The van der Waals surface area contributed by atoms with E-state index >= 15 is 0 Å². The summed E-state index contributed by atoms with van der Waals surface area (Å²) in [6, 6.07) is 5.90. The average Bonchev–Trinajstić information content (AvgIpc) is 2.93. The molecule has 0 aliphatic heterocycles. The Bertz CT molecular complexity index is 565. The van der Waals surface area contributed by atoms with Gasteiger partial charge >= 0.3 is 0 Å². The highest BCUT2D eigenvalue weighted by atomic mass is 19.1. The van der Waals surface area contributed by atoms with E-state index in [-0.39, 0.29) is 11.7 Å². The molecule has 0 bridgehead atoms. The number of hydrogen-bond acceptors (Lipinski definition) is 3. The molecular formula is C14H17FN4O. The van der Waals surface area contributed by atoms with Gasteiger partial charge in [-0.1, -0.05) is 0 Å². The molecule has 0 unspecified atom stereocenters. The van der Waals surface area contributed by atoms with Crippen molar-refractivity contribution in [1.82, 2.24) is 15.5 Å². The lowest BCUT2D eigenvalue weighted by molar-refractivity contribution is 0.0954. The Kier molecular flexibility index (Phi) is 4.84. The third-order valence-corrected chi connectivity index (χ3v) is 2.93. The number of halogens is 1. The highest BCUT2D eigenvalue weighted by molar-refractivity contribution is 5.99. The van der Waals surface area contributed by atoms with Crippen LogP contribution in [0.2, 0.25) is 0 Å². The summed E-state index contributed by atoms with van der Waals surface area (Å²) in [7, 11) is 0. The zero-order valence-corrected chi connectivity index (χ0v) is 11.0. The second-order valence-corrected chi connectivity index (χ2v) is 4.42. The molecule has 4 N–H and O–H groups in total. The standard InChI is InChI=1S/C14H17FN4O/c15-11-5-3-10(4-6-11)13-12(9-18-19-13)14(20)17-8-2-1-7-16/h3-6,9H,1-2,7-8,16H2,(H,17,20)(H,18,19). The first-order valence-electron chi connectivity index (χ1n) is 6.50. The molecule has 6 heteroatoms. The van der Waals surface area contributed by atoms with Gasteiger partial charge in [-0.2, -0.15) is 5.10 Å². The van der Waals surface area contributed by atoms with Crippen LogP contribution in [0, 0.1) is 5.82 Å². The molecular weight excluding hydrogens is 259 g/mol. The molecule has 1 aromatic heterocycles. The first-order valence-corrected chi connectivity index (χ1v) is 6.50. The van der Waals surface area contributed by atoms with Gasteiger partial charge in [0.05, 0.1) is 17.5 Å². The molecule has 2 rings (SSSR count). The lowest BCUT2D eigenvalue weighted by Crippen LogP contribution is -2.25. The molecule has 0 saturated carbocycles. The van der Waals surface area contributed by atoms with Gasteiger partial charge in [0.15, 0.2) is 0 Å². The maximum absolute atomic E-state index is 12.9. The van der Waals surface area contributed by atoms with E-state index < -0.39 is 0 Å². The summed E-state index contributed by atoms with van der Waals surface area (Å²) in [5, 5.41) is 9.47. The van der Waals surface area contributed by atoms with Crippen molar-refractivity contribution < 1.29 is 9.18 Å². The lowest BCUT2D eigenvalue weighted by atomic mass is 10.1. The lowest BCUT2D eigenvalue weighted by Gasteiger charge is -2.05. The number of unbranched alkanes of at least 4 members (excludes halogenated alkanes) is 1. The SMILES string of the molecule is NCCCCNC(=O)c1cn[nH]c1-c1ccc(F)cc1. The van der Waals surface area contributed by atoms with Gasteiger partial charge in [0.1, 0.15) is 5.82 Å². The van der Waals surface area contributed by atoms with E-state index in [1.807, 2.05) is 0 Å². The zero-order valence-electron chi connectivity index (χ0n) is 11.0. The Balaban J connectivity index is 2.08. The first-order chi connectivity index (χ1) is 9.72. The monoisotopic (exact) mass is 276 g/mol. The number of amides is 1. The molecule has 0 fully saturated rings.